The highest BCUT2D eigenvalue weighted by Crippen LogP contribution is 2.34. The molecule has 0 aliphatic carbocycles. The van der Waals surface area contributed by atoms with E-state index < -0.39 is 11.9 Å². The van der Waals surface area contributed by atoms with E-state index in [4.69, 9.17) is 28.3 Å². The van der Waals surface area contributed by atoms with Gasteiger partial charge in [-0.15, -0.1) is 0 Å². The van der Waals surface area contributed by atoms with Crippen LogP contribution in [0.1, 0.15) is 5.69 Å². The van der Waals surface area contributed by atoms with Crippen molar-refractivity contribution in [2.75, 3.05) is 23.8 Å². The van der Waals surface area contributed by atoms with Gasteiger partial charge in [0.2, 0.25) is 5.95 Å². The molecule has 0 aliphatic heterocycles. The molecule has 2 aromatic rings. The maximum Gasteiger partial charge on any atom is 0.433 e. The van der Waals surface area contributed by atoms with Crippen LogP contribution < -0.4 is 10.6 Å². The first kappa shape index (κ1) is 17.6. The Bertz CT molecular complexity index is 677. The third-order valence-corrected chi connectivity index (χ3v) is 3.26. The van der Waals surface area contributed by atoms with Gasteiger partial charge in [-0.25, -0.2) is 4.98 Å². The fraction of sp³-hybridized carbons (Fsp3) is 0.231. The van der Waals surface area contributed by atoms with Crippen LogP contribution in [0.15, 0.2) is 24.3 Å². The molecule has 124 valence electrons. The number of para-hydroxylation sites is 1. The zero-order valence-corrected chi connectivity index (χ0v) is 13.0. The van der Waals surface area contributed by atoms with Gasteiger partial charge in [0.05, 0.1) is 22.3 Å². The number of nitrogens with zero attached hydrogens (tertiary/aromatic N) is 2. The number of hydrogen-bond acceptors (Lipinski definition) is 5. The summed E-state index contributed by atoms with van der Waals surface area (Å²) in [4.78, 5) is 7.26. The molecule has 1 aromatic heterocycles. The monoisotopic (exact) mass is 366 g/mol. The molecule has 0 aliphatic rings. The van der Waals surface area contributed by atoms with Crippen molar-refractivity contribution in [3.05, 3.63) is 40.0 Å². The average Bonchev–Trinajstić information content (AvgIpc) is 2.48. The summed E-state index contributed by atoms with van der Waals surface area (Å²) in [5.41, 5.74) is -0.908. The molecule has 0 amide bonds. The van der Waals surface area contributed by atoms with Crippen LogP contribution >= 0.6 is 23.2 Å². The number of aliphatic hydroxyl groups excluding tert-OH is 1. The fourth-order valence-electron chi connectivity index (χ4n) is 1.65. The first-order valence-corrected chi connectivity index (χ1v) is 7.09. The lowest BCUT2D eigenvalue weighted by molar-refractivity contribution is -0.141. The maximum absolute atomic E-state index is 12.9. The molecule has 3 N–H and O–H groups in total. The Hall–Kier alpha value is -1.77. The molecule has 23 heavy (non-hydrogen) atoms. The first-order chi connectivity index (χ1) is 10.8. The molecule has 0 spiro atoms. The minimum Gasteiger partial charge on any atom is -0.395 e. The Morgan fingerprint density at radius 2 is 1.78 bits per heavy atom. The number of alkyl halides is 3. The quantitative estimate of drug-likeness (QED) is 0.747. The predicted octanol–water partition coefficient (Wildman–Crippen LogP) is 3.95. The van der Waals surface area contributed by atoms with E-state index in [1.165, 1.54) is 12.1 Å². The number of benzene rings is 1. The maximum atomic E-state index is 12.9. The van der Waals surface area contributed by atoms with Crippen LogP contribution in [-0.2, 0) is 6.18 Å². The topological polar surface area (TPSA) is 70.1 Å². The molecule has 0 saturated carbocycles. The standard InChI is InChI=1S/C13H11Cl2F3N4O/c14-7-2-1-3-8(15)11(7)21-10-6-9(13(16,17)18)20-12(22-10)19-4-5-23/h1-3,6,23H,4-5H2,(H2,19,20,21,22). The van der Waals surface area contributed by atoms with Crippen molar-refractivity contribution >= 4 is 40.7 Å². The molecule has 0 unspecified atom stereocenters. The predicted molar refractivity (Wildman–Crippen MR) is 82.4 cm³/mol. The molecule has 10 heteroatoms. The number of halogens is 5. The first-order valence-electron chi connectivity index (χ1n) is 6.33. The van der Waals surface area contributed by atoms with Gasteiger partial charge in [0.15, 0.2) is 5.69 Å². The SMILES string of the molecule is OCCNc1nc(Nc2c(Cl)cccc2Cl)cc(C(F)(F)F)n1. The zero-order chi connectivity index (χ0) is 17.0. The van der Waals surface area contributed by atoms with E-state index in [1.807, 2.05) is 0 Å². The van der Waals surface area contributed by atoms with Crippen LogP contribution in [0.4, 0.5) is 30.6 Å². The van der Waals surface area contributed by atoms with Crippen LogP contribution in [0.5, 0.6) is 0 Å². The van der Waals surface area contributed by atoms with E-state index in [0.717, 1.165) is 6.07 Å². The summed E-state index contributed by atoms with van der Waals surface area (Å²) in [6, 6.07) is 5.41. The lowest BCUT2D eigenvalue weighted by Crippen LogP contribution is -2.15. The third kappa shape index (κ3) is 4.60. The Morgan fingerprint density at radius 3 is 2.35 bits per heavy atom. The summed E-state index contributed by atoms with van der Waals surface area (Å²) >= 11 is 11.9. The summed E-state index contributed by atoms with van der Waals surface area (Å²) in [5.74, 6) is -0.415. The number of aliphatic hydroxyl groups is 1. The van der Waals surface area contributed by atoms with Crippen molar-refractivity contribution in [1.29, 1.82) is 0 Å². The van der Waals surface area contributed by atoms with Gasteiger partial charge in [-0.2, -0.15) is 18.2 Å². The van der Waals surface area contributed by atoms with E-state index in [1.54, 1.807) is 6.07 Å². The largest absolute Gasteiger partial charge is 0.433 e. The minimum absolute atomic E-state index is 0.00754. The molecule has 1 aromatic carbocycles. The van der Waals surface area contributed by atoms with Gasteiger partial charge in [-0.3, -0.25) is 0 Å². The third-order valence-electron chi connectivity index (χ3n) is 2.63. The lowest BCUT2D eigenvalue weighted by Gasteiger charge is -2.14. The summed E-state index contributed by atoms with van der Waals surface area (Å²) < 4.78 is 38.8. The zero-order valence-electron chi connectivity index (χ0n) is 11.5. The van der Waals surface area contributed by atoms with E-state index in [9.17, 15) is 13.2 Å². The Balaban J connectivity index is 2.40. The summed E-state index contributed by atoms with van der Waals surface area (Å²) in [7, 11) is 0. The van der Waals surface area contributed by atoms with Crippen molar-refractivity contribution < 1.29 is 18.3 Å². The van der Waals surface area contributed by atoms with Crippen LogP contribution in [0.2, 0.25) is 10.0 Å². The molecule has 1 heterocycles. The molecule has 0 atom stereocenters. The number of aromatic nitrogens is 2. The normalized spacial score (nSPS) is 11.4. The van der Waals surface area contributed by atoms with Gasteiger partial charge in [-0.1, -0.05) is 29.3 Å². The Kier molecular flexibility index (Phi) is 5.51. The van der Waals surface area contributed by atoms with Gasteiger partial charge >= 0.3 is 6.18 Å². The summed E-state index contributed by atoms with van der Waals surface area (Å²) in [6.07, 6.45) is -4.65. The van der Waals surface area contributed by atoms with Gasteiger partial charge in [-0.05, 0) is 12.1 Å². The second-order valence-corrected chi connectivity index (χ2v) is 5.15. The van der Waals surface area contributed by atoms with E-state index in [2.05, 4.69) is 20.6 Å². The van der Waals surface area contributed by atoms with Gasteiger partial charge in [0.1, 0.15) is 5.82 Å². The summed E-state index contributed by atoms with van der Waals surface area (Å²) in [6.45, 7) is -0.272. The Labute approximate surface area is 139 Å². The van der Waals surface area contributed by atoms with E-state index in [0.29, 0.717) is 0 Å². The molecule has 2 rings (SSSR count). The average molecular weight is 367 g/mol. The number of nitrogens with one attached hydrogen (secondary N) is 2. The van der Waals surface area contributed by atoms with Gasteiger partial charge in [0, 0.05) is 12.6 Å². The second kappa shape index (κ2) is 7.20. The van der Waals surface area contributed by atoms with E-state index in [-0.39, 0.29) is 40.7 Å². The molecular formula is C13H11Cl2F3N4O. The molecule has 0 fully saturated rings. The molecule has 0 bridgehead atoms. The van der Waals surface area contributed by atoms with Gasteiger partial charge in [0.25, 0.3) is 0 Å². The highest BCUT2D eigenvalue weighted by molar-refractivity contribution is 6.39. The number of rotatable bonds is 5. The van der Waals surface area contributed by atoms with Gasteiger partial charge < -0.3 is 15.7 Å². The van der Waals surface area contributed by atoms with E-state index >= 15 is 0 Å². The van der Waals surface area contributed by atoms with Crippen molar-refractivity contribution in [3.63, 3.8) is 0 Å². The van der Waals surface area contributed by atoms with Crippen LogP contribution in [0.25, 0.3) is 0 Å². The minimum atomic E-state index is -4.65. The van der Waals surface area contributed by atoms with Crippen molar-refractivity contribution in [2.45, 2.75) is 6.18 Å². The summed E-state index contributed by atoms with van der Waals surface area (Å²) in [5, 5.41) is 14.3. The van der Waals surface area contributed by atoms with Crippen LogP contribution in [0.3, 0.4) is 0 Å². The molecule has 0 saturated heterocycles. The highest BCUT2D eigenvalue weighted by atomic mass is 35.5. The van der Waals surface area contributed by atoms with Crippen molar-refractivity contribution in [2.24, 2.45) is 0 Å². The Morgan fingerprint density at radius 1 is 1.13 bits per heavy atom. The fourth-order valence-corrected chi connectivity index (χ4v) is 2.14. The molecule has 0 radical (unpaired) electrons. The molecule has 5 nitrogen and oxygen atoms in total. The van der Waals surface area contributed by atoms with Crippen LogP contribution in [0, 0.1) is 0 Å². The molecular weight excluding hydrogens is 356 g/mol. The highest BCUT2D eigenvalue weighted by Gasteiger charge is 2.33. The number of hydrogen-bond donors (Lipinski definition) is 3. The number of anilines is 3. The smallest absolute Gasteiger partial charge is 0.395 e. The van der Waals surface area contributed by atoms with Crippen molar-refractivity contribution in [3.8, 4) is 0 Å². The van der Waals surface area contributed by atoms with Crippen molar-refractivity contribution in [1.82, 2.24) is 9.97 Å². The second-order valence-electron chi connectivity index (χ2n) is 4.33. The van der Waals surface area contributed by atoms with Crippen LogP contribution in [-0.4, -0.2) is 28.2 Å². The lowest BCUT2D eigenvalue weighted by atomic mass is 10.3.